The molecule has 5 aliphatic rings. The van der Waals surface area contributed by atoms with Crippen molar-refractivity contribution >= 4 is 0 Å². The Morgan fingerprint density at radius 2 is 2.09 bits per heavy atom. The van der Waals surface area contributed by atoms with Gasteiger partial charge < -0.3 is 9.47 Å². The van der Waals surface area contributed by atoms with Gasteiger partial charge in [0.05, 0.1) is 18.8 Å². The normalized spacial score (nSPS) is 40.8. The van der Waals surface area contributed by atoms with E-state index in [2.05, 4.69) is 4.90 Å². The van der Waals surface area contributed by atoms with Crippen LogP contribution in [0, 0.1) is 28.9 Å². The summed E-state index contributed by atoms with van der Waals surface area (Å²) >= 11 is 0. The third kappa shape index (κ3) is 2.28. The summed E-state index contributed by atoms with van der Waals surface area (Å²) in [6.07, 6.45) is 3.64. The van der Waals surface area contributed by atoms with E-state index < -0.39 is 11.6 Å². The van der Waals surface area contributed by atoms with Gasteiger partial charge in [0, 0.05) is 31.1 Å². The monoisotopic (exact) mass is 321 g/mol. The lowest BCUT2D eigenvalue weighted by molar-refractivity contribution is -0.0273. The predicted molar refractivity (Wildman–Crippen MR) is 80.2 cm³/mol. The second-order valence-electron chi connectivity index (χ2n) is 8.07. The third-order valence-electron chi connectivity index (χ3n) is 6.25. The molecule has 2 aliphatic carbocycles. The fourth-order valence-electron chi connectivity index (χ4n) is 4.95. The number of rotatable bonds is 5. The molecule has 3 saturated heterocycles. The summed E-state index contributed by atoms with van der Waals surface area (Å²) < 4.78 is 37.9. The second kappa shape index (κ2) is 4.67. The Hall–Kier alpha value is -1.20. The third-order valence-corrected chi connectivity index (χ3v) is 6.25. The van der Waals surface area contributed by atoms with Gasteiger partial charge in [-0.1, -0.05) is 0 Å². The van der Waals surface area contributed by atoms with Crippen molar-refractivity contribution in [1.82, 2.24) is 4.90 Å². The summed E-state index contributed by atoms with van der Waals surface area (Å²) in [5, 5.41) is 0. The lowest BCUT2D eigenvalue weighted by Crippen LogP contribution is -2.47. The van der Waals surface area contributed by atoms with Crippen LogP contribution in [0.15, 0.2) is 18.2 Å². The molecule has 0 radical (unpaired) electrons. The first-order valence-corrected chi connectivity index (χ1v) is 8.50. The molecule has 2 atom stereocenters. The van der Waals surface area contributed by atoms with E-state index in [1.54, 1.807) is 0 Å². The average Bonchev–Trinajstić information content (AvgIpc) is 2.85. The van der Waals surface area contributed by atoms with Crippen molar-refractivity contribution in [3.63, 3.8) is 0 Å². The smallest absolute Gasteiger partial charge is 0.162 e. The van der Waals surface area contributed by atoms with E-state index in [0.717, 1.165) is 44.3 Å². The van der Waals surface area contributed by atoms with Gasteiger partial charge >= 0.3 is 0 Å². The quantitative estimate of drug-likeness (QED) is 0.832. The maximum Gasteiger partial charge on any atom is 0.162 e. The van der Waals surface area contributed by atoms with Crippen LogP contribution >= 0.6 is 0 Å². The molecule has 0 amide bonds. The minimum atomic E-state index is -0.850. The summed E-state index contributed by atoms with van der Waals surface area (Å²) in [6.45, 7) is 4.75. The Bertz CT molecular complexity index is 640. The summed E-state index contributed by atoms with van der Waals surface area (Å²) in [5.74, 6) is 0.222. The molecule has 0 spiro atoms. The number of likely N-dealkylation sites (tertiary alicyclic amines) is 1. The highest BCUT2D eigenvalue weighted by Crippen LogP contribution is 2.59. The number of hydrogen-bond acceptors (Lipinski definition) is 3. The molecule has 5 heteroatoms. The van der Waals surface area contributed by atoms with Crippen molar-refractivity contribution in [2.45, 2.75) is 24.9 Å². The van der Waals surface area contributed by atoms with Gasteiger partial charge in [-0.25, -0.2) is 8.78 Å². The van der Waals surface area contributed by atoms with Gasteiger partial charge in [0.15, 0.2) is 11.6 Å². The lowest BCUT2D eigenvalue weighted by Gasteiger charge is -2.39. The van der Waals surface area contributed by atoms with Crippen LogP contribution in [0.4, 0.5) is 8.78 Å². The molecular weight excluding hydrogens is 300 g/mol. The lowest BCUT2D eigenvalue weighted by atomic mass is 9.74. The van der Waals surface area contributed by atoms with Gasteiger partial charge in [-0.15, -0.1) is 0 Å². The Morgan fingerprint density at radius 1 is 1.22 bits per heavy atom. The zero-order valence-corrected chi connectivity index (χ0v) is 13.1. The molecule has 124 valence electrons. The molecule has 3 nitrogen and oxygen atoms in total. The maximum atomic E-state index is 13.2. The second-order valence-corrected chi connectivity index (χ2v) is 8.07. The molecule has 2 saturated carbocycles. The van der Waals surface area contributed by atoms with Crippen molar-refractivity contribution in [3.05, 3.63) is 29.8 Å². The van der Waals surface area contributed by atoms with Gasteiger partial charge in [-0.3, -0.25) is 4.90 Å². The molecule has 1 aromatic rings. The zero-order chi connectivity index (χ0) is 15.7. The van der Waals surface area contributed by atoms with Crippen molar-refractivity contribution in [2.75, 3.05) is 32.8 Å². The molecule has 2 bridgehead atoms. The van der Waals surface area contributed by atoms with E-state index in [1.807, 2.05) is 0 Å². The molecule has 2 unspecified atom stereocenters. The number of halogens is 2. The minimum absolute atomic E-state index is 0.142. The van der Waals surface area contributed by atoms with E-state index >= 15 is 0 Å². The van der Waals surface area contributed by atoms with Gasteiger partial charge in [0.1, 0.15) is 5.75 Å². The van der Waals surface area contributed by atoms with Crippen LogP contribution < -0.4 is 4.74 Å². The van der Waals surface area contributed by atoms with E-state index in [1.165, 1.54) is 25.3 Å². The number of fused-ring (bicyclic) bond motifs is 2. The Labute approximate surface area is 134 Å². The maximum absolute atomic E-state index is 13.2. The predicted octanol–water partition coefficient (Wildman–Crippen LogP) is 2.84. The number of hydrogen-bond donors (Lipinski definition) is 0. The van der Waals surface area contributed by atoms with Crippen molar-refractivity contribution in [1.29, 1.82) is 0 Å². The van der Waals surface area contributed by atoms with Crippen molar-refractivity contribution < 1.29 is 18.3 Å². The minimum Gasteiger partial charge on any atom is -0.493 e. The number of piperidine rings is 1. The SMILES string of the molecule is Fc1ccc(OCC23CC2CN(CC24CC(CO2)C4)C3)cc1F. The van der Waals surface area contributed by atoms with E-state index in [-0.39, 0.29) is 11.0 Å². The van der Waals surface area contributed by atoms with Gasteiger partial charge in [0.25, 0.3) is 0 Å². The van der Waals surface area contributed by atoms with Gasteiger partial charge in [-0.05, 0) is 43.2 Å². The number of benzene rings is 1. The van der Waals surface area contributed by atoms with Crippen molar-refractivity contribution in [3.8, 4) is 5.75 Å². The fraction of sp³-hybridized carbons (Fsp3) is 0.667. The molecule has 5 fully saturated rings. The molecular formula is C18H21F2NO2. The van der Waals surface area contributed by atoms with Crippen LogP contribution in [0.2, 0.25) is 0 Å². The van der Waals surface area contributed by atoms with E-state index in [4.69, 9.17) is 9.47 Å². The fourth-order valence-corrected chi connectivity index (χ4v) is 4.95. The Morgan fingerprint density at radius 3 is 2.83 bits per heavy atom. The first-order chi connectivity index (χ1) is 11.1. The van der Waals surface area contributed by atoms with E-state index in [9.17, 15) is 8.78 Å². The highest BCUT2D eigenvalue weighted by molar-refractivity contribution is 5.24. The first-order valence-electron chi connectivity index (χ1n) is 8.50. The van der Waals surface area contributed by atoms with Crippen LogP contribution in [0.3, 0.4) is 0 Å². The standard InChI is InChI=1S/C18H21F2NO2/c19-15-2-1-14(3-16(15)20)22-11-17-6-13(17)7-21(9-17)10-18-4-12(5-18)8-23-18/h1-3,12-13H,4-11H2. The molecule has 3 aliphatic heterocycles. The molecule has 3 heterocycles. The summed E-state index contributed by atoms with van der Waals surface area (Å²) in [5.41, 5.74) is 0.354. The van der Waals surface area contributed by atoms with Crippen LogP contribution in [0.25, 0.3) is 0 Å². The molecule has 6 rings (SSSR count). The first kappa shape index (κ1) is 14.2. The Balaban J connectivity index is 1.18. The Kier molecular flexibility index (Phi) is 2.88. The van der Waals surface area contributed by atoms with Crippen LogP contribution in [0.5, 0.6) is 5.75 Å². The highest BCUT2D eigenvalue weighted by atomic mass is 19.2. The van der Waals surface area contributed by atoms with Crippen LogP contribution in [-0.2, 0) is 4.74 Å². The summed E-state index contributed by atoms with van der Waals surface area (Å²) in [7, 11) is 0. The highest BCUT2D eigenvalue weighted by Gasteiger charge is 2.62. The molecule has 1 aromatic carbocycles. The molecule has 0 aromatic heterocycles. The summed E-state index contributed by atoms with van der Waals surface area (Å²) in [6, 6.07) is 3.76. The van der Waals surface area contributed by atoms with E-state index in [0.29, 0.717) is 18.3 Å². The van der Waals surface area contributed by atoms with Gasteiger partial charge in [-0.2, -0.15) is 0 Å². The van der Waals surface area contributed by atoms with Crippen molar-refractivity contribution in [2.24, 2.45) is 17.3 Å². The zero-order valence-electron chi connectivity index (χ0n) is 13.1. The summed E-state index contributed by atoms with van der Waals surface area (Å²) in [4.78, 5) is 2.52. The largest absolute Gasteiger partial charge is 0.493 e. The number of ether oxygens (including phenoxy) is 2. The average molecular weight is 321 g/mol. The molecule has 0 N–H and O–H groups in total. The topological polar surface area (TPSA) is 21.7 Å². The van der Waals surface area contributed by atoms with Crippen LogP contribution in [-0.4, -0.2) is 43.3 Å². The van der Waals surface area contributed by atoms with Crippen LogP contribution in [0.1, 0.15) is 19.3 Å². The van der Waals surface area contributed by atoms with Gasteiger partial charge in [0.2, 0.25) is 0 Å². The molecule has 23 heavy (non-hydrogen) atoms. The number of nitrogens with zero attached hydrogens (tertiary/aromatic N) is 1.